The van der Waals surface area contributed by atoms with Gasteiger partial charge in [-0.1, -0.05) is 12.1 Å². The van der Waals surface area contributed by atoms with Crippen LogP contribution in [0.4, 0.5) is 0 Å². The van der Waals surface area contributed by atoms with Gasteiger partial charge in [-0.05, 0) is 31.9 Å². The summed E-state index contributed by atoms with van der Waals surface area (Å²) in [5.74, 6) is 0.00991. The molecule has 2 heterocycles. The van der Waals surface area contributed by atoms with Crippen LogP contribution in [0, 0.1) is 0 Å². The lowest BCUT2D eigenvalue weighted by Crippen LogP contribution is -2.44. The maximum absolute atomic E-state index is 12.6. The Morgan fingerprint density at radius 2 is 2.22 bits per heavy atom. The minimum Gasteiger partial charge on any atom is -0.377 e. The van der Waals surface area contributed by atoms with E-state index in [1.165, 1.54) is 6.20 Å². The fourth-order valence-electron chi connectivity index (χ4n) is 3.05. The second-order valence-electron chi connectivity index (χ2n) is 5.74. The molecule has 1 aliphatic rings. The van der Waals surface area contributed by atoms with Crippen LogP contribution in [0.3, 0.4) is 0 Å². The van der Waals surface area contributed by atoms with E-state index in [1.807, 2.05) is 30.0 Å². The van der Waals surface area contributed by atoms with Gasteiger partial charge >= 0.3 is 0 Å². The Morgan fingerprint density at radius 3 is 3.04 bits per heavy atom. The molecular formula is C17H21N3O3. The van der Waals surface area contributed by atoms with Gasteiger partial charge in [-0.25, -0.2) is 0 Å². The first-order valence-electron chi connectivity index (χ1n) is 8.03. The minimum absolute atomic E-state index is 0.00991. The molecule has 1 atom stereocenters. The highest BCUT2D eigenvalue weighted by Gasteiger charge is 2.24. The van der Waals surface area contributed by atoms with Crippen LogP contribution < -0.4 is 5.43 Å². The Morgan fingerprint density at radius 1 is 1.39 bits per heavy atom. The third kappa shape index (κ3) is 3.42. The van der Waals surface area contributed by atoms with E-state index in [9.17, 15) is 9.59 Å². The van der Waals surface area contributed by atoms with Crippen molar-refractivity contribution in [3.05, 3.63) is 40.7 Å². The molecule has 3 rings (SSSR count). The number of amides is 1. The second kappa shape index (κ2) is 6.91. The molecule has 1 amide bonds. The zero-order valence-corrected chi connectivity index (χ0v) is 13.3. The molecule has 6 heteroatoms. The molecule has 2 aromatic rings. The molecule has 0 unspecified atom stereocenters. The average Bonchev–Trinajstić information content (AvgIpc) is 2.58. The van der Waals surface area contributed by atoms with Crippen LogP contribution in [0.15, 0.2) is 35.3 Å². The Bertz CT molecular complexity index is 754. The van der Waals surface area contributed by atoms with E-state index in [0.717, 1.165) is 19.4 Å². The van der Waals surface area contributed by atoms with Gasteiger partial charge in [0.15, 0.2) is 0 Å². The van der Waals surface area contributed by atoms with Gasteiger partial charge in [-0.2, -0.15) is 5.10 Å². The highest BCUT2D eigenvalue weighted by Crippen LogP contribution is 2.14. The number of nitrogens with zero attached hydrogens (tertiary/aromatic N) is 3. The molecular weight excluding hydrogens is 294 g/mol. The summed E-state index contributed by atoms with van der Waals surface area (Å²) < 4.78 is 7.24. The molecule has 1 saturated heterocycles. The summed E-state index contributed by atoms with van der Waals surface area (Å²) in [6.07, 6.45) is 3.34. The largest absolute Gasteiger partial charge is 0.377 e. The minimum atomic E-state index is -0.126. The molecule has 1 aromatic heterocycles. The number of rotatable bonds is 4. The number of fused-ring (bicyclic) bond motifs is 1. The van der Waals surface area contributed by atoms with E-state index in [1.54, 1.807) is 10.7 Å². The van der Waals surface area contributed by atoms with Crippen molar-refractivity contribution >= 4 is 16.8 Å². The van der Waals surface area contributed by atoms with Crippen LogP contribution in [0.1, 0.15) is 19.8 Å². The molecule has 0 spiro atoms. The van der Waals surface area contributed by atoms with Gasteiger partial charge in [-0.15, -0.1) is 0 Å². The zero-order chi connectivity index (χ0) is 16.2. The highest BCUT2D eigenvalue weighted by atomic mass is 16.5. The summed E-state index contributed by atoms with van der Waals surface area (Å²) >= 11 is 0. The summed E-state index contributed by atoms with van der Waals surface area (Å²) in [6.45, 7) is 4.15. The first kappa shape index (κ1) is 15.7. The van der Waals surface area contributed by atoms with Crippen molar-refractivity contribution in [2.45, 2.75) is 32.4 Å². The molecule has 0 aliphatic carbocycles. The summed E-state index contributed by atoms with van der Waals surface area (Å²) in [6, 6.07) is 7.23. The monoisotopic (exact) mass is 315 g/mol. The van der Waals surface area contributed by atoms with Crippen molar-refractivity contribution in [2.24, 2.45) is 0 Å². The fourth-order valence-corrected chi connectivity index (χ4v) is 3.05. The van der Waals surface area contributed by atoms with E-state index in [2.05, 4.69) is 5.10 Å². The maximum Gasteiger partial charge on any atom is 0.244 e. The van der Waals surface area contributed by atoms with Crippen LogP contribution in [0.2, 0.25) is 0 Å². The first-order valence-corrected chi connectivity index (χ1v) is 8.03. The molecule has 0 N–H and O–H groups in total. The smallest absolute Gasteiger partial charge is 0.244 e. The number of hydrogen-bond acceptors (Lipinski definition) is 4. The number of piperidine rings is 1. The molecule has 1 aliphatic heterocycles. The lowest BCUT2D eigenvalue weighted by atomic mass is 10.1. The number of para-hydroxylation sites is 1. The zero-order valence-electron chi connectivity index (χ0n) is 13.3. The van der Waals surface area contributed by atoms with Gasteiger partial charge in [0.05, 0.1) is 17.8 Å². The van der Waals surface area contributed by atoms with Gasteiger partial charge in [0.25, 0.3) is 0 Å². The predicted molar refractivity (Wildman–Crippen MR) is 87.2 cm³/mol. The SMILES string of the molecule is CCO[C@H]1CCCN(C(=O)Cn2ncc(=O)c3ccccc32)C1. The van der Waals surface area contributed by atoms with Crippen LogP contribution in [0.5, 0.6) is 0 Å². The molecule has 6 nitrogen and oxygen atoms in total. The van der Waals surface area contributed by atoms with E-state index in [4.69, 9.17) is 4.74 Å². The number of ether oxygens (including phenoxy) is 1. The van der Waals surface area contributed by atoms with E-state index < -0.39 is 0 Å². The lowest BCUT2D eigenvalue weighted by Gasteiger charge is -2.32. The molecule has 122 valence electrons. The molecule has 0 bridgehead atoms. The van der Waals surface area contributed by atoms with Crippen molar-refractivity contribution in [1.29, 1.82) is 0 Å². The van der Waals surface area contributed by atoms with Gasteiger partial charge in [0.1, 0.15) is 6.54 Å². The average molecular weight is 315 g/mol. The number of hydrogen-bond donors (Lipinski definition) is 0. The molecule has 1 aromatic carbocycles. The first-order chi connectivity index (χ1) is 11.2. The van der Waals surface area contributed by atoms with Crippen molar-refractivity contribution in [3.63, 3.8) is 0 Å². The number of aromatic nitrogens is 2. The molecule has 23 heavy (non-hydrogen) atoms. The third-order valence-corrected chi connectivity index (χ3v) is 4.18. The summed E-state index contributed by atoms with van der Waals surface area (Å²) in [5, 5.41) is 4.71. The quantitative estimate of drug-likeness (QED) is 0.856. The van der Waals surface area contributed by atoms with E-state index in [-0.39, 0.29) is 24.0 Å². The molecule has 0 saturated carbocycles. The Labute approximate surface area is 134 Å². The standard InChI is InChI=1S/C17H21N3O3/c1-2-23-13-6-5-9-19(11-13)17(22)12-20-15-8-4-3-7-14(15)16(21)10-18-20/h3-4,7-8,10,13H,2,5-6,9,11-12H2,1H3/t13-/m0/s1. The van der Waals surface area contributed by atoms with E-state index >= 15 is 0 Å². The van der Waals surface area contributed by atoms with Crippen molar-refractivity contribution in [1.82, 2.24) is 14.7 Å². The van der Waals surface area contributed by atoms with Crippen LogP contribution in [0.25, 0.3) is 10.9 Å². The molecule has 1 fully saturated rings. The summed E-state index contributed by atoms with van der Waals surface area (Å²) in [5.41, 5.74) is 0.561. The van der Waals surface area contributed by atoms with Gasteiger partial charge in [0.2, 0.25) is 11.3 Å². The number of likely N-dealkylation sites (tertiary alicyclic amines) is 1. The van der Waals surface area contributed by atoms with Gasteiger partial charge in [-0.3, -0.25) is 14.3 Å². The Kier molecular flexibility index (Phi) is 4.71. The number of carbonyl (C=O) groups excluding carboxylic acids is 1. The lowest BCUT2D eigenvalue weighted by molar-refractivity contribution is -0.136. The molecule has 0 radical (unpaired) electrons. The second-order valence-corrected chi connectivity index (χ2v) is 5.74. The van der Waals surface area contributed by atoms with Gasteiger partial charge < -0.3 is 9.64 Å². The topological polar surface area (TPSA) is 64.4 Å². The number of benzene rings is 1. The fraction of sp³-hybridized carbons (Fsp3) is 0.471. The van der Waals surface area contributed by atoms with Crippen molar-refractivity contribution in [3.8, 4) is 0 Å². The van der Waals surface area contributed by atoms with Crippen LogP contribution >= 0.6 is 0 Å². The Hall–Kier alpha value is -2.21. The van der Waals surface area contributed by atoms with Gasteiger partial charge in [0, 0.05) is 25.1 Å². The van der Waals surface area contributed by atoms with Crippen molar-refractivity contribution in [2.75, 3.05) is 19.7 Å². The maximum atomic E-state index is 12.6. The highest BCUT2D eigenvalue weighted by molar-refractivity contribution is 5.81. The normalized spacial score (nSPS) is 18.3. The summed E-state index contributed by atoms with van der Waals surface area (Å²) in [7, 11) is 0. The van der Waals surface area contributed by atoms with Crippen molar-refractivity contribution < 1.29 is 9.53 Å². The summed E-state index contributed by atoms with van der Waals surface area (Å²) in [4.78, 5) is 26.3. The van der Waals surface area contributed by atoms with E-state index in [0.29, 0.717) is 24.1 Å². The van der Waals surface area contributed by atoms with Crippen LogP contribution in [-0.2, 0) is 16.1 Å². The third-order valence-electron chi connectivity index (χ3n) is 4.18. The predicted octanol–water partition coefficient (Wildman–Crippen LogP) is 1.42. The number of carbonyl (C=O) groups is 1. The Balaban J connectivity index is 1.78. The van der Waals surface area contributed by atoms with Crippen LogP contribution in [-0.4, -0.2) is 46.4 Å².